The minimum absolute atomic E-state index is 0.00395. The molecule has 0 aliphatic heterocycles. The number of halogens is 2. The zero-order valence-electron chi connectivity index (χ0n) is 10.5. The van der Waals surface area contributed by atoms with Crippen LogP contribution >= 0.6 is 15.9 Å². The molecule has 0 spiro atoms. The van der Waals surface area contributed by atoms with E-state index in [9.17, 15) is 14.3 Å². The number of nitrogens with zero attached hydrogens (tertiary/aromatic N) is 2. The fourth-order valence-electron chi connectivity index (χ4n) is 1.79. The van der Waals surface area contributed by atoms with E-state index >= 15 is 0 Å². The molecular weight excluding hydrogens is 335 g/mol. The van der Waals surface area contributed by atoms with E-state index in [-0.39, 0.29) is 32.9 Å². The van der Waals surface area contributed by atoms with Crippen LogP contribution in [-0.4, -0.2) is 33.1 Å². The first-order valence-corrected chi connectivity index (χ1v) is 6.18. The van der Waals surface area contributed by atoms with Gasteiger partial charge in [0.2, 0.25) is 0 Å². The first-order chi connectivity index (χ1) is 9.36. The van der Waals surface area contributed by atoms with Crippen LogP contribution in [0.25, 0.3) is 11.3 Å². The van der Waals surface area contributed by atoms with Crippen LogP contribution in [0.1, 0.15) is 10.5 Å². The zero-order chi connectivity index (χ0) is 15.0. The third kappa shape index (κ3) is 2.22. The Balaban J connectivity index is 2.75. The van der Waals surface area contributed by atoms with Crippen molar-refractivity contribution in [1.29, 1.82) is 0 Å². The fraction of sp³-hybridized carbons (Fsp3) is 0.167. The number of phenolic OH excluding ortho intramolecular Hbond substituents is 1. The summed E-state index contributed by atoms with van der Waals surface area (Å²) in [5.41, 5.74) is 0.103. The van der Waals surface area contributed by atoms with E-state index in [0.717, 1.165) is 6.07 Å². The van der Waals surface area contributed by atoms with E-state index in [1.807, 2.05) is 0 Å². The van der Waals surface area contributed by atoms with E-state index in [4.69, 9.17) is 9.84 Å². The zero-order valence-corrected chi connectivity index (χ0v) is 12.1. The van der Waals surface area contributed by atoms with Crippen molar-refractivity contribution in [2.45, 2.75) is 0 Å². The van der Waals surface area contributed by atoms with Gasteiger partial charge in [-0.2, -0.15) is 5.10 Å². The van der Waals surface area contributed by atoms with E-state index < -0.39 is 11.8 Å². The SMILES string of the molecule is COc1cc(F)c(Br)c(-c2cc(C(=O)O)nn2C)c1O. The largest absolute Gasteiger partial charge is 0.504 e. The third-order valence-electron chi connectivity index (χ3n) is 2.73. The number of phenols is 1. The molecule has 2 N–H and O–H groups in total. The molecule has 0 amide bonds. The molecule has 6 nitrogen and oxygen atoms in total. The number of aryl methyl sites for hydroxylation is 1. The summed E-state index contributed by atoms with van der Waals surface area (Å²) in [7, 11) is 2.78. The van der Waals surface area contributed by atoms with Crippen molar-refractivity contribution in [2.75, 3.05) is 7.11 Å². The molecule has 2 rings (SSSR count). The molecule has 2 aromatic rings. The number of aromatic hydroxyl groups is 1. The van der Waals surface area contributed by atoms with Crippen molar-refractivity contribution in [2.24, 2.45) is 7.05 Å². The van der Waals surface area contributed by atoms with Crippen molar-refractivity contribution < 1.29 is 24.1 Å². The highest BCUT2D eigenvalue weighted by molar-refractivity contribution is 9.10. The molecule has 1 heterocycles. The summed E-state index contributed by atoms with van der Waals surface area (Å²) in [6.45, 7) is 0. The first kappa shape index (κ1) is 14.3. The molecule has 0 saturated heterocycles. The highest BCUT2D eigenvalue weighted by Gasteiger charge is 2.22. The van der Waals surface area contributed by atoms with Gasteiger partial charge in [0.15, 0.2) is 17.2 Å². The van der Waals surface area contributed by atoms with Gasteiger partial charge in [0.1, 0.15) is 5.82 Å². The number of benzene rings is 1. The topological polar surface area (TPSA) is 84.6 Å². The molecule has 0 fully saturated rings. The number of hydrogen-bond acceptors (Lipinski definition) is 4. The van der Waals surface area contributed by atoms with Crippen LogP contribution in [-0.2, 0) is 7.05 Å². The maximum atomic E-state index is 13.8. The summed E-state index contributed by atoms with van der Waals surface area (Å²) in [6.07, 6.45) is 0. The summed E-state index contributed by atoms with van der Waals surface area (Å²) in [6, 6.07) is 2.26. The van der Waals surface area contributed by atoms with Gasteiger partial charge in [-0.05, 0) is 22.0 Å². The molecule has 0 bridgehead atoms. The summed E-state index contributed by atoms with van der Waals surface area (Å²) >= 11 is 3.03. The van der Waals surface area contributed by atoms with Crippen LogP contribution < -0.4 is 4.74 Å². The van der Waals surface area contributed by atoms with Crippen LogP contribution in [0, 0.1) is 5.82 Å². The van der Waals surface area contributed by atoms with Crippen LogP contribution in [0.15, 0.2) is 16.6 Å². The molecule has 0 unspecified atom stereocenters. The second-order valence-electron chi connectivity index (χ2n) is 3.94. The fourth-order valence-corrected chi connectivity index (χ4v) is 2.29. The lowest BCUT2D eigenvalue weighted by atomic mass is 10.1. The minimum atomic E-state index is -1.22. The van der Waals surface area contributed by atoms with Gasteiger partial charge in [0.25, 0.3) is 0 Å². The molecule has 8 heteroatoms. The molecule has 20 heavy (non-hydrogen) atoms. The van der Waals surface area contributed by atoms with E-state index in [1.165, 1.54) is 24.9 Å². The molecule has 106 valence electrons. The molecule has 0 radical (unpaired) electrons. The van der Waals surface area contributed by atoms with Crippen LogP contribution in [0.3, 0.4) is 0 Å². The lowest BCUT2D eigenvalue weighted by Crippen LogP contribution is -2.00. The van der Waals surface area contributed by atoms with Gasteiger partial charge in [-0.1, -0.05) is 0 Å². The Hall–Kier alpha value is -2.09. The van der Waals surface area contributed by atoms with Gasteiger partial charge in [0.05, 0.1) is 22.8 Å². The number of aromatic carboxylic acids is 1. The predicted molar refractivity (Wildman–Crippen MR) is 71.5 cm³/mol. The number of carboxylic acid groups (broad SMARTS) is 1. The molecule has 0 aliphatic rings. The maximum absolute atomic E-state index is 13.8. The lowest BCUT2D eigenvalue weighted by Gasteiger charge is -2.12. The van der Waals surface area contributed by atoms with Crippen LogP contribution in [0.4, 0.5) is 4.39 Å². The Labute approximate surface area is 121 Å². The minimum Gasteiger partial charge on any atom is -0.504 e. The Kier molecular flexibility index (Phi) is 3.67. The Morgan fingerprint density at radius 2 is 2.15 bits per heavy atom. The molecular formula is C12H10BrFN2O4. The number of aromatic nitrogens is 2. The first-order valence-electron chi connectivity index (χ1n) is 5.39. The van der Waals surface area contributed by atoms with Crippen molar-refractivity contribution in [3.05, 3.63) is 28.1 Å². The van der Waals surface area contributed by atoms with Gasteiger partial charge in [-0.15, -0.1) is 0 Å². The lowest BCUT2D eigenvalue weighted by molar-refractivity contribution is 0.0689. The number of ether oxygens (including phenoxy) is 1. The van der Waals surface area contributed by atoms with Crippen LogP contribution in [0.5, 0.6) is 11.5 Å². The van der Waals surface area contributed by atoms with E-state index in [0.29, 0.717) is 0 Å². The summed E-state index contributed by atoms with van der Waals surface area (Å²) in [5, 5.41) is 22.8. The molecule has 1 aromatic heterocycles. The van der Waals surface area contributed by atoms with Crippen molar-refractivity contribution >= 4 is 21.9 Å². The van der Waals surface area contributed by atoms with Gasteiger partial charge >= 0.3 is 5.97 Å². The number of hydrogen-bond donors (Lipinski definition) is 2. The number of carbonyl (C=O) groups is 1. The highest BCUT2D eigenvalue weighted by Crippen LogP contribution is 2.43. The van der Waals surface area contributed by atoms with Crippen LogP contribution in [0.2, 0.25) is 0 Å². The van der Waals surface area contributed by atoms with Gasteiger partial charge in [0, 0.05) is 13.1 Å². The van der Waals surface area contributed by atoms with Crippen molar-refractivity contribution in [3.8, 4) is 22.8 Å². The normalized spacial score (nSPS) is 10.6. The highest BCUT2D eigenvalue weighted by atomic mass is 79.9. The third-order valence-corrected chi connectivity index (χ3v) is 3.51. The summed E-state index contributed by atoms with van der Waals surface area (Å²) < 4.78 is 19.9. The van der Waals surface area contributed by atoms with Gasteiger partial charge in [-0.3, -0.25) is 4.68 Å². The second kappa shape index (κ2) is 5.12. The number of rotatable bonds is 3. The number of carboxylic acids is 1. The van der Waals surface area contributed by atoms with Crippen molar-refractivity contribution in [1.82, 2.24) is 9.78 Å². The smallest absolute Gasteiger partial charge is 0.356 e. The average molecular weight is 345 g/mol. The van der Waals surface area contributed by atoms with E-state index in [2.05, 4.69) is 21.0 Å². The Bertz CT molecular complexity index is 699. The molecule has 0 aliphatic carbocycles. The number of methoxy groups -OCH3 is 1. The quantitative estimate of drug-likeness (QED) is 0.892. The monoisotopic (exact) mass is 344 g/mol. The van der Waals surface area contributed by atoms with Crippen molar-refractivity contribution in [3.63, 3.8) is 0 Å². The van der Waals surface area contributed by atoms with Gasteiger partial charge < -0.3 is 14.9 Å². The van der Waals surface area contributed by atoms with Gasteiger partial charge in [-0.25, -0.2) is 9.18 Å². The molecule has 0 saturated carbocycles. The molecule has 1 aromatic carbocycles. The Morgan fingerprint density at radius 3 is 2.65 bits per heavy atom. The van der Waals surface area contributed by atoms with E-state index in [1.54, 1.807) is 0 Å². The average Bonchev–Trinajstić information content (AvgIpc) is 2.77. The second-order valence-corrected chi connectivity index (χ2v) is 4.73. The Morgan fingerprint density at radius 1 is 1.50 bits per heavy atom. The predicted octanol–water partition coefficient (Wildman–Crippen LogP) is 2.40. The standard InChI is InChI=1S/C12H10BrFN2O4/c1-16-7(4-6(15-16)12(18)19)9-10(13)5(14)3-8(20-2)11(9)17/h3-4,17H,1-2H3,(H,18,19). The summed E-state index contributed by atoms with van der Waals surface area (Å²) in [4.78, 5) is 10.9. The maximum Gasteiger partial charge on any atom is 0.356 e. The molecule has 0 atom stereocenters. The summed E-state index contributed by atoms with van der Waals surface area (Å²) in [5.74, 6) is -2.22.